The van der Waals surface area contributed by atoms with E-state index in [1.165, 1.54) is 12.1 Å². The number of carbonyl (C=O) groups is 1. The second kappa shape index (κ2) is 5.05. The molecule has 0 saturated carbocycles. The van der Waals surface area contributed by atoms with Crippen molar-refractivity contribution < 1.29 is 9.18 Å². The van der Waals surface area contributed by atoms with E-state index >= 15 is 0 Å². The Labute approximate surface area is 114 Å². The first-order chi connectivity index (χ1) is 9.78. The van der Waals surface area contributed by atoms with Gasteiger partial charge in [-0.3, -0.25) is 9.78 Å². The molecule has 3 aromatic rings. The largest absolute Gasteiger partial charge is 0.298 e. The summed E-state index contributed by atoms with van der Waals surface area (Å²) >= 11 is 0. The van der Waals surface area contributed by atoms with Crippen LogP contribution >= 0.6 is 0 Å². The summed E-state index contributed by atoms with van der Waals surface area (Å²) in [6.07, 6.45) is 3.45. The quantitative estimate of drug-likeness (QED) is 0.685. The summed E-state index contributed by atoms with van der Waals surface area (Å²) in [5.41, 5.74) is 2.14. The van der Waals surface area contributed by atoms with Gasteiger partial charge < -0.3 is 0 Å². The number of nitrogens with zero attached hydrogens (tertiary/aromatic N) is 3. The number of hydrogen-bond acceptors (Lipinski definition) is 3. The third-order valence-corrected chi connectivity index (χ3v) is 2.86. The summed E-state index contributed by atoms with van der Waals surface area (Å²) in [6, 6.07) is 12.2. The first-order valence-corrected chi connectivity index (χ1v) is 6.00. The Morgan fingerprint density at radius 2 is 1.90 bits per heavy atom. The zero-order chi connectivity index (χ0) is 13.9. The van der Waals surface area contributed by atoms with Crippen molar-refractivity contribution in [2.45, 2.75) is 0 Å². The summed E-state index contributed by atoms with van der Waals surface area (Å²) in [6.45, 7) is 0. The summed E-state index contributed by atoms with van der Waals surface area (Å²) in [5, 5.41) is 4.35. The molecule has 5 heteroatoms. The van der Waals surface area contributed by atoms with Crippen molar-refractivity contribution in [1.29, 1.82) is 0 Å². The fourth-order valence-corrected chi connectivity index (χ4v) is 1.90. The van der Waals surface area contributed by atoms with E-state index in [-0.39, 0.29) is 0 Å². The van der Waals surface area contributed by atoms with Crippen molar-refractivity contribution >= 4 is 6.29 Å². The smallest absolute Gasteiger partial charge is 0.153 e. The first-order valence-electron chi connectivity index (χ1n) is 6.00. The van der Waals surface area contributed by atoms with E-state index in [1.54, 1.807) is 10.9 Å². The van der Waals surface area contributed by atoms with Crippen LogP contribution in [0, 0.1) is 5.82 Å². The Morgan fingerprint density at radius 1 is 1.10 bits per heavy atom. The van der Waals surface area contributed by atoms with Crippen LogP contribution in [0.15, 0.2) is 54.9 Å². The van der Waals surface area contributed by atoms with Gasteiger partial charge >= 0.3 is 0 Å². The molecule has 0 atom stereocenters. The van der Waals surface area contributed by atoms with Gasteiger partial charge in [0.15, 0.2) is 6.29 Å². The highest BCUT2D eigenvalue weighted by atomic mass is 19.1. The van der Waals surface area contributed by atoms with E-state index in [0.717, 1.165) is 11.9 Å². The van der Waals surface area contributed by atoms with Gasteiger partial charge in [-0.25, -0.2) is 9.07 Å². The second-order valence-electron chi connectivity index (χ2n) is 4.19. The fourth-order valence-electron chi connectivity index (χ4n) is 1.90. The molecule has 0 saturated heterocycles. The number of halogens is 1. The molecular formula is C15H10FN3O. The molecular weight excluding hydrogens is 257 g/mol. The molecule has 4 nitrogen and oxygen atoms in total. The van der Waals surface area contributed by atoms with E-state index in [0.29, 0.717) is 23.2 Å². The minimum Gasteiger partial charge on any atom is -0.298 e. The Morgan fingerprint density at radius 3 is 2.55 bits per heavy atom. The van der Waals surface area contributed by atoms with Crippen LogP contribution in [0.1, 0.15) is 10.4 Å². The molecule has 3 rings (SSSR count). The molecule has 0 bridgehead atoms. The van der Waals surface area contributed by atoms with Gasteiger partial charge in [0, 0.05) is 6.20 Å². The number of para-hydroxylation sites is 1. The molecule has 0 unspecified atom stereocenters. The van der Waals surface area contributed by atoms with Gasteiger partial charge in [-0.1, -0.05) is 18.2 Å². The maximum absolute atomic E-state index is 12.9. The maximum atomic E-state index is 12.9. The van der Waals surface area contributed by atoms with Crippen LogP contribution in [0.4, 0.5) is 4.39 Å². The standard InChI is InChI=1S/C15H10FN3O/c16-12-6-7-14(17-8-12)15-11(10-20)9-19(18-15)13-4-2-1-3-5-13/h1-10H. The van der Waals surface area contributed by atoms with Crippen LogP contribution in [-0.2, 0) is 0 Å². The SMILES string of the molecule is O=Cc1cn(-c2ccccc2)nc1-c1ccc(F)cn1. The number of rotatable bonds is 3. The van der Waals surface area contributed by atoms with Crippen LogP contribution in [0.5, 0.6) is 0 Å². The Kier molecular flexibility index (Phi) is 3.09. The molecule has 2 heterocycles. The number of benzene rings is 1. The van der Waals surface area contributed by atoms with Gasteiger partial charge in [0.05, 0.1) is 23.1 Å². The molecule has 0 aliphatic heterocycles. The maximum Gasteiger partial charge on any atom is 0.153 e. The Balaban J connectivity index is 2.10. The van der Waals surface area contributed by atoms with Gasteiger partial charge in [-0.15, -0.1) is 0 Å². The number of aromatic nitrogens is 3. The van der Waals surface area contributed by atoms with Gasteiger partial charge in [0.25, 0.3) is 0 Å². The third-order valence-electron chi connectivity index (χ3n) is 2.86. The van der Waals surface area contributed by atoms with Gasteiger partial charge in [0.2, 0.25) is 0 Å². The number of carbonyl (C=O) groups excluding carboxylic acids is 1. The molecule has 1 aromatic carbocycles. The van der Waals surface area contributed by atoms with Crippen molar-refractivity contribution in [2.24, 2.45) is 0 Å². The second-order valence-corrected chi connectivity index (χ2v) is 4.19. The number of pyridine rings is 1. The number of aldehydes is 1. The van der Waals surface area contributed by atoms with Crippen LogP contribution in [0.3, 0.4) is 0 Å². The molecule has 20 heavy (non-hydrogen) atoms. The van der Waals surface area contributed by atoms with Crippen molar-refractivity contribution in [2.75, 3.05) is 0 Å². The highest BCUT2D eigenvalue weighted by molar-refractivity contribution is 5.84. The zero-order valence-electron chi connectivity index (χ0n) is 10.4. The summed E-state index contributed by atoms with van der Waals surface area (Å²) in [7, 11) is 0. The number of hydrogen-bond donors (Lipinski definition) is 0. The lowest BCUT2D eigenvalue weighted by Crippen LogP contribution is -1.94. The molecule has 0 aliphatic carbocycles. The molecule has 2 aromatic heterocycles. The molecule has 98 valence electrons. The molecule has 0 radical (unpaired) electrons. The minimum absolute atomic E-state index is 0.410. The predicted molar refractivity (Wildman–Crippen MR) is 72.1 cm³/mol. The highest BCUT2D eigenvalue weighted by Gasteiger charge is 2.12. The average Bonchev–Trinajstić information content (AvgIpc) is 2.93. The highest BCUT2D eigenvalue weighted by Crippen LogP contribution is 2.20. The van der Waals surface area contributed by atoms with Gasteiger partial charge in [-0.2, -0.15) is 5.10 Å². The summed E-state index contributed by atoms with van der Waals surface area (Å²) in [4.78, 5) is 15.1. The normalized spacial score (nSPS) is 10.4. The lowest BCUT2D eigenvalue weighted by molar-refractivity contribution is 0.112. The van der Waals surface area contributed by atoms with Crippen molar-refractivity contribution in [1.82, 2.24) is 14.8 Å². The zero-order valence-corrected chi connectivity index (χ0v) is 10.4. The first kappa shape index (κ1) is 12.2. The molecule has 0 fully saturated rings. The predicted octanol–water partition coefficient (Wildman–Crippen LogP) is 2.89. The van der Waals surface area contributed by atoms with Crippen LogP contribution in [-0.4, -0.2) is 21.1 Å². The lowest BCUT2D eigenvalue weighted by atomic mass is 10.2. The van der Waals surface area contributed by atoms with Crippen molar-refractivity contribution in [3.05, 3.63) is 66.2 Å². The van der Waals surface area contributed by atoms with Crippen molar-refractivity contribution in [3.63, 3.8) is 0 Å². The third kappa shape index (κ3) is 2.21. The van der Waals surface area contributed by atoms with Crippen molar-refractivity contribution in [3.8, 4) is 17.1 Å². The van der Waals surface area contributed by atoms with E-state index in [2.05, 4.69) is 10.1 Å². The van der Waals surface area contributed by atoms with E-state index < -0.39 is 5.82 Å². The Bertz CT molecular complexity index is 736. The monoisotopic (exact) mass is 267 g/mol. The molecule has 0 aliphatic rings. The van der Waals surface area contributed by atoms with E-state index in [9.17, 15) is 9.18 Å². The van der Waals surface area contributed by atoms with E-state index in [1.807, 2.05) is 30.3 Å². The minimum atomic E-state index is -0.427. The topological polar surface area (TPSA) is 47.8 Å². The van der Waals surface area contributed by atoms with Gasteiger partial charge in [-0.05, 0) is 24.3 Å². The molecule has 0 amide bonds. The fraction of sp³-hybridized carbons (Fsp3) is 0. The average molecular weight is 267 g/mol. The summed E-state index contributed by atoms with van der Waals surface area (Å²) in [5.74, 6) is -0.427. The van der Waals surface area contributed by atoms with Gasteiger partial charge in [0.1, 0.15) is 11.5 Å². The molecule has 0 N–H and O–H groups in total. The molecule has 0 spiro atoms. The van der Waals surface area contributed by atoms with Crippen LogP contribution in [0.25, 0.3) is 17.1 Å². The van der Waals surface area contributed by atoms with Crippen LogP contribution in [0.2, 0.25) is 0 Å². The Hall–Kier alpha value is -2.82. The van der Waals surface area contributed by atoms with Crippen LogP contribution < -0.4 is 0 Å². The lowest BCUT2D eigenvalue weighted by Gasteiger charge is -1.99. The summed E-state index contributed by atoms with van der Waals surface area (Å²) < 4.78 is 14.5. The van der Waals surface area contributed by atoms with E-state index in [4.69, 9.17) is 0 Å².